The van der Waals surface area contributed by atoms with Gasteiger partial charge in [0.25, 0.3) is 0 Å². The molecule has 0 aliphatic heterocycles. The normalized spacial score (nSPS) is 17.7. The van der Waals surface area contributed by atoms with E-state index in [-0.39, 0.29) is 27.7 Å². The Morgan fingerprint density at radius 1 is 1.32 bits per heavy atom. The third-order valence-corrected chi connectivity index (χ3v) is 4.92. The predicted molar refractivity (Wildman–Crippen MR) is 74.0 cm³/mol. The van der Waals surface area contributed by atoms with Gasteiger partial charge >= 0.3 is 0 Å². The number of rotatable bonds is 4. The molecule has 19 heavy (non-hydrogen) atoms. The first-order valence-electron chi connectivity index (χ1n) is 6.66. The standard InChI is InChI=1S/C15H17BrF2O/c1-2-15(7-3-4-8-15)13(19)9-10-12(17)6-5-11(16)14(10)18/h5-6H,2-4,7-9H2,1H3. The summed E-state index contributed by atoms with van der Waals surface area (Å²) in [7, 11) is 0. The van der Waals surface area contributed by atoms with E-state index in [2.05, 4.69) is 15.9 Å². The van der Waals surface area contributed by atoms with Crippen LogP contribution in [0.1, 0.15) is 44.6 Å². The van der Waals surface area contributed by atoms with Crippen molar-refractivity contribution in [2.45, 2.75) is 45.4 Å². The molecule has 0 saturated heterocycles. The van der Waals surface area contributed by atoms with Crippen LogP contribution >= 0.6 is 15.9 Å². The Hall–Kier alpha value is -0.770. The highest BCUT2D eigenvalue weighted by atomic mass is 79.9. The van der Waals surface area contributed by atoms with Crippen molar-refractivity contribution in [3.8, 4) is 0 Å². The zero-order chi connectivity index (χ0) is 14.0. The molecule has 1 fully saturated rings. The molecular formula is C15H17BrF2O. The third kappa shape index (κ3) is 2.73. The Bertz CT molecular complexity index is 493. The molecule has 0 radical (unpaired) electrons. The molecule has 1 aliphatic rings. The minimum atomic E-state index is -0.655. The molecule has 1 aliphatic carbocycles. The topological polar surface area (TPSA) is 17.1 Å². The Balaban J connectivity index is 2.26. The second kappa shape index (κ2) is 5.70. The average molecular weight is 331 g/mol. The van der Waals surface area contributed by atoms with E-state index in [1.165, 1.54) is 12.1 Å². The van der Waals surface area contributed by atoms with Gasteiger partial charge in [-0.25, -0.2) is 8.78 Å². The summed E-state index contributed by atoms with van der Waals surface area (Å²) in [5.74, 6) is -1.32. The van der Waals surface area contributed by atoms with Gasteiger partial charge in [0, 0.05) is 17.4 Å². The molecule has 1 aromatic rings. The predicted octanol–water partition coefficient (Wildman–Crippen LogP) is 4.81. The smallest absolute Gasteiger partial charge is 0.143 e. The van der Waals surface area contributed by atoms with Crippen molar-refractivity contribution >= 4 is 21.7 Å². The minimum absolute atomic E-state index is 0.0246. The van der Waals surface area contributed by atoms with Crippen LogP contribution in [0.25, 0.3) is 0 Å². The fourth-order valence-corrected chi connectivity index (χ4v) is 3.33. The van der Waals surface area contributed by atoms with Crippen LogP contribution in [0.4, 0.5) is 8.78 Å². The molecule has 1 aromatic carbocycles. The van der Waals surface area contributed by atoms with Gasteiger partial charge in [0.15, 0.2) is 0 Å². The summed E-state index contributed by atoms with van der Waals surface area (Å²) in [4.78, 5) is 12.4. The van der Waals surface area contributed by atoms with Crippen LogP contribution in [0.3, 0.4) is 0 Å². The van der Waals surface area contributed by atoms with Crippen LogP contribution in [-0.2, 0) is 11.2 Å². The zero-order valence-electron chi connectivity index (χ0n) is 10.9. The highest BCUT2D eigenvalue weighted by Crippen LogP contribution is 2.42. The molecule has 0 heterocycles. The molecule has 1 nitrogen and oxygen atoms in total. The first-order chi connectivity index (χ1) is 9.00. The number of Topliss-reactive ketones (excluding diaryl/α,β-unsaturated/α-hetero) is 1. The van der Waals surface area contributed by atoms with E-state index in [1.54, 1.807) is 0 Å². The Labute approximate surface area is 120 Å². The monoisotopic (exact) mass is 330 g/mol. The summed E-state index contributed by atoms with van der Waals surface area (Å²) in [6.07, 6.45) is 4.36. The van der Waals surface area contributed by atoms with E-state index in [4.69, 9.17) is 0 Å². The summed E-state index contributed by atoms with van der Waals surface area (Å²) in [5, 5.41) is 0. The summed E-state index contributed by atoms with van der Waals surface area (Å²) >= 11 is 3.03. The van der Waals surface area contributed by atoms with E-state index in [0.29, 0.717) is 0 Å². The Morgan fingerprint density at radius 2 is 1.95 bits per heavy atom. The van der Waals surface area contributed by atoms with Crippen molar-refractivity contribution in [3.63, 3.8) is 0 Å². The quantitative estimate of drug-likeness (QED) is 0.724. The maximum Gasteiger partial charge on any atom is 0.143 e. The molecule has 4 heteroatoms. The molecule has 2 rings (SSSR count). The van der Waals surface area contributed by atoms with Gasteiger partial charge in [-0.3, -0.25) is 4.79 Å². The van der Waals surface area contributed by atoms with Crippen molar-refractivity contribution in [1.82, 2.24) is 0 Å². The van der Waals surface area contributed by atoms with E-state index in [1.807, 2.05) is 6.92 Å². The summed E-state index contributed by atoms with van der Waals surface area (Å²) in [6.45, 7) is 1.98. The maximum absolute atomic E-state index is 13.9. The van der Waals surface area contributed by atoms with Crippen LogP contribution in [0.15, 0.2) is 16.6 Å². The number of halogens is 3. The zero-order valence-corrected chi connectivity index (χ0v) is 12.5. The van der Waals surface area contributed by atoms with Crippen molar-refractivity contribution in [2.75, 3.05) is 0 Å². The number of ketones is 1. The number of carbonyl (C=O) groups is 1. The largest absolute Gasteiger partial charge is 0.299 e. The highest BCUT2D eigenvalue weighted by Gasteiger charge is 2.39. The van der Waals surface area contributed by atoms with Gasteiger partial charge in [-0.1, -0.05) is 19.8 Å². The summed E-state index contributed by atoms with van der Waals surface area (Å²) in [6, 6.07) is 2.52. The van der Waals surface area contributed by atoms with Crippen LogP contribution in [0.5, 0.6) is 0 Å². The molecule has 0 amide bonds. The highest BCUT2D eigenvalue weighted by molar-refractivity contribution is 9.10. The average Bonchev–Trinajstić information content (AvgIpc) is 2.89. The SMILES string of the molecule is CCC1(C(=O)Cc2c(F)ccc(Br)c2F)CCCC1. The second-order valence-corrected chi connectivity index (χ2v) is 6.12. The maximum atomic E-state index is 13.9. The lowest BCUT2D eigenvalue weighted by Gasteiger charge is -2.26. The van der Waals surface area contributed by atoms with E-state index in [0.717, 1.165) is 32.1 Å². The van der Waals surface area contributed by atoms with Crippen molar-refractivity contribution in [2.24, 2.45) is 5.41 Å². The van der Waals surface area contributed by atoms with Crippen LogP contribution in [0.2, 0.25) is 0 Å². The van der Waals surface area contributed by atoms with Crippen molar-refractivity contribution in [3.05, 3.63) is 33.8 Å². The molecule has 0 unspecified atom stereocenters. The van der Waals surface area contributed by atoms with E-state index >= 15 is 0 Å². The summed E-state index contributed by atoms with van der Waals surface area (Å²) in [5.41, 5.74) is -0.472. The van der Waals surface area contributed by atoms with Crippen LogP contribution in [-0.4, -0.2) is 5.78 Å². The van der Waals surface area contributed by atoms with Gasteiger partial charge in [0.2, 0.25) is 0 Å². The lowest BCUT2D eigenvalue weighted by atomic mass is 9.77. The Morgan fingerprint density at radius 3 is 2.53 bits per heavy atom. The number of hydrogen-bond acceptors (Lipinski definition) is 1. The first kappa shape index (κ1) is 14.6. The number of hydrogen-bond donors (Lipinski definition) is 0. The molecule has 0 N–H and O–H groups in total. The lowest BCUT2D eigenvalue weighted by Crippen LogP contribution is -2.29. The van der Waals surface area contributed by atoms with Crippen molar-refractivity contribution < 1.29 is 13.6 Å². The fraction of sp³-hybridized carbons (Fsp3) is 0.533. The van der Waals surface area contributed by atoms with Gasteiger partial charge in [0.05, 0.1) is 4.47 Å². The van der Waals surface area contributed by atoms with Crippen LogP contribution in [0, 0.1) is 17.0 Å². The van der Waals surface area contributed by atoms with Gasteiger partial charge in [-0.2, -0.15) is 0 Å². The second-order valence-electron chi connectivity index (χ2n) is 5.26. The lowest BCUT2D eigenvalue weighted by molar-refractivity contribution is -0.128. The summed E-state index contributed by atoms with van der Waals surface area (Å²) < 4.78 is 27.8. The minimum Gasteiger partial charge on any atom is -0.299 e. The third-order valence-electron chi connectivity index (χ3n) is 4.31. The van der Waals surface area contributed by atoms with Gasteiger partial charge < -0.3 is 0 Å². The van der Waals surface area contributed by atoms with Gasteiger partial charge in [0.1, 0.15) is 17.4 Å². The van der Waals surface area contributed by atoms with E-state index in [9.17, 15) is 13.6 Å². The molecule has 0 bridgehead atoms. The number of carbonyl (C=O) groups excluding carboxylic acids is 1. The molecule has 1 saturated carbocycles. The molecule has 0 spiro atoms. The van der Waals surface area contributed by atoms with Gasteiger partial charge in [-0.15, -0.1) is 0 Å². The van der Waals surface area contributed by atoms with Gasteiger partial charge in [-0.05, 0) is 47.3 Å². The molecule has 0 aromatic heterocycles. The Kier molecular flexibility index (Phi) is 4.39. The first-order valence-corrected chi connectivity index (χ1v) is 7.45. The van der Waals surface area contributed by atoms with Crippen molar-refractivity contribution in [1.29, 1.82) is 0 Å². The fourth-order valence-electron chi connectivity index (χ4n) is 2.96. The number of benzene rings is 1. The van der Waals surface area contributed by atoms with E-state index < -0.39 is 11.6 Å². The molecular weight excluding hydrogens is 314 g/mol. The molecule has 104 valence electrons. The van der Waals surface area contributed by atoms with Crippen LogP contribution < -0.4 is 0 Å². The molecule has 0 atom stereocenters.